The maximum absolute atomic E-state index is 8.95. The second-order valence-corrected chi connectivity index (χ2v) is 2.80. The summed E-state index contributed by atoms with van der Waals surface area (Å²) in [4.78, 5) is 8.95. The standard InChI is InChI=1S/C7H17N.C2H4O2/c1-3-4-5-6-7(2)8;1-4-2-3/h7H,3-6,8H2,1-2H3;2H,1H3. The van der Waals surface area contributed by atoms with Crippen LogP contribution in [-0.4, -0.2) is 19.6 Å². The first-order chi connectivity index (χ1) is 5.68. The topological polar surface area (TPSA) is 52.3 Å². The molecule has 74 valence electrons. The van der Waals surface area contributed by atoms with Crippen molar-refractivity contribution < 1.29 is 9.53 Å². The van der Waals surface area contributed by atoms with Crippen LogP contribution in [-0.2, 0) is 9.53 Å². The average Bonchev–Trinajstić information content (AvgIpc) is 2.05. The summed E-state index contributed by atoms with van der Waals surface area (Å²) in [6, 6.07) is 0.404. The van der Waals surface area contributed by atoms with Crippen molar-refractivity contribution in [1.82, 2.24) is 0 Å². The average molecular weight is 175 g/mol. The maximum atomic E-state index is 8.95. The lowest BCUT2D eigenvalue weighted by molar-refractivity contribution is -0.126. The van der Waals surface area contributed by atoms with E-state index in [2.05, 4.69) is 18.6 Å². The molecule has 0 fully saturated rings. The Labute approximate surface area is 75.3 Å². The molecule has 0 aromatic heterocycles. The van der Waals surface area contributed by atoms with E-state index in [1.807, 2.05) is 0 Å². The number of ether oxygens (including phenoxy) is 1. The largest absolute Gasteiger partial charge is 0.471 e. The fourth-order valence-corrected chi connectivity index (χ4v) is 0.716. The zero-order valence-corrected chi connectivity index (χ0v) is 8.38. The summed E-state index contributed by atoms with van der Waals surface area (Å²) in [6.07, 6.45) is 5.12. The summed E-state index contributed by atoms with van der Waals surface area (Å²) < 4.78 is 3.86. The van der Waals surface area contributed by atoms with Crippen molar-refractivity contribution in [3.63, 3.8) is 0 Å². The van der Waals surface area contributed by atoms with E-state index in [9.17, 15) is 0 Å². The van der Waals surface area contributed by atoms with E-state index in [0.29, 0.717) is 12.5 Å². The summed E-state index contributed by atoms with van der Waals surface area (Å²) in [5, 5.41) is 0. The predicted octanol–water partition coefficient (Wildman–Crippen LogP) is 1.70. The predicted molar refractivity (Wildman–Crippen MR) is 50.9 cm³/mol. The van der Waals surface area contributed by atoms with Gasteiger partial charge in [0.2, 0.25) is 0 Å². The third-order valence-corrected chi connectivity index (χ3v) is 1.36. The molecular weight excluding hydrogens is 154 g/mol. The van der Waals surface area contributed by atoms with Crippen LogP contribution in [0.3, 0.4) is 0 Å². The molecule has 1 unspecified atom stereocenters. The van der Waals surface area contributed by atoms with Crippen molar-refractivity contribution in [2.45, 2.75) is 45.6 Å². The smallest absolute Gasteiger partial charge is 0.292 e. The van der Waals surface area contributed by atoms with Crippen LogP contribution in [0.15, 0.2) is 0 Å². The molecule has 2 N–H and O–H groups in total. The van der Waals surface area contributed by atoms with Crippen LogP contribution in [0.25, 0.3) is 0 Å². The van der Waals surface area contributed by atoms with Crippen LogP contribution in [0.1, 0.15) is 39.5 Å². The van der Waals surface area contributed by atoms with Crippen molar-refractivity contribution in [1.29, 1.82) is 0 Å². The van der Waals surface area contributed by atoms with Crippen LogP contribution in [0.2, 0.25) is 0 Å². The van der Waals surface area contributed by atoms with Gasteiger partial charge in [-0.1, -0.05) is 26.2 Å². The zero-order valence-electron chi connectivity index (χ0n) is 8.38. The summed E-state index contributed by atoms with van der Waals surface area (Å²) >= 11 is 0. The van der Waals surface area contributed by atoms with E-state index in [0.717, 1.165) is 0 Å². The molecule has 0 bridgehead atoms. The van der Waals surface area contributed by atoms with Crippen molar-refractivity contribution in [2.24, 2.45) is 5.73 Å². The maximum Gasteiger partial charge on any atom is 0.292 e. The summed E-state index contributed by atoms with van der Waals surface area (Å²) in [5.74, 6) is 0. The van der Waals surface area contributed by atoms with Crippen molar-refractivity contribution in [3.05, 3.63) is 0 Å². The minimum atomic E-state index is 0.375. The molecule has 0 aromatic rings. The number of carbonyl (C=O) groups excluding carboxylic acids is 1. The molecule has 0 rings (SSSR count). The molecule has 0 aliphatic heterocycles. The molecule has 1 atom stereocenters. The Balaban J connectivity index is 0. The Morgan fingerprint density at radius 3 is 2.25 bits per heavy atom. The van der Waals surface area contributed by atoms with Gasteiger partial charge in [0.1, 0.15) is 0 Å². The van der Waals surface area contributed by atoms with Crippen LogP contribution in [0.5, 0.6) is 0 Å². The van der Waals surface area contributed by atoms with Gasteiger partial charge in [0, 0.05) is 6.04 Å². The first-order valence-electron chi connectivity index (χ1n) is 4.41. The van der Waals surface area contributed by atoms with E-state index in [1.54, 1.807) is 0 Å². The van der Waals surface area contributed by atoms with Gasteiger partial charge in [-0.05, 0) is 13.3 Å². The van der Waals surface area contributed by atoms with E-state index in [1.165, 1.54) is 32.8 Å². The molecule has 0 heterocycles. The molecule has 0 spiro atoms. The number of methoxy groups -OCH3 is 1. The second kappa shape index (κ2) is 13.1. The molecule has 0 saturated carbocycles. The normalized spacial score (nSPS) is 11.0. The lowest BCUT2D eigenvalue weighted by atomic mass is 10.1. The minimum Gasteiger partial charge on any atom is -0.471 e. The highest BCUT2D eigenvalue weighted by Gasteiger charge is 1.90. The number of unbranched alkanes of at least 4 members (excludes halogenated alkanes) is 2. The highest BCUT2D eigenvalue weighted by Crippen LogP contribution is 1.99. The van der Waals surface area contributed by atoms with E-state index >= 15 is 0 Å². The monoisotopic (exact) mass is 175 g/mol. The van der Waals surface area contributed by atoms with Gasteiger partial charge in [-0.15, -0.1) is 0 Å². The summed E-state index contributed by atoms with van der Waals surface area (Å²) in [7, 11) is 1.31. The molecule has 0 saturated heterocycles. The lowest BCUT2D eigenvalue weighted by Crippen LogP contribution is -2.13. The first-order valence-corrected chi connectivity index (χ1v) is 4.41. The Kier molecular flexibility index (Phi) is 15.2. The quantitative estimate of drug-likeness (QED) is 0.511. The van der Waals surface area contributed by atoms with E-state index in [4.69, 9.17) is 10.5 Å². The van der Waals surface area contributed by atoms with Gasteiger partial charge in [-0.3, -0.25) is 4.79 Å². The molecule has 12 heavy (non-hydrogen) atoms. The van der Waals surface area contributed by atoms with Crippen LogP contribution in [0, 0.1) is 0 Å². The molecule has 0 aromatic carbocycles. The van der Waals surface area contributed by atoms with Gasteiger partial charge in [0.15, 0.2) is 0 Å². The van der Waals surface area contributed by atoms with Crippen molar-refractivity contribution in [3.8, 4) is 0 Å². The third-order valence-electron chi connectivity index (χ3n) is 1.36. The van der Waals surface area contributed by atoms with Crippen molar-refractivity contribution >= 4 is 6.47 Å². The Morgan fingerprint density at radius 1 is 1.50 bits per heavy atom. The van der Waals surface area contributed by atoms with Gasteiger partial charge >= 0.3 is 0 Å². The molecule has 3 heteroatoms. The highest BCUT2D eigenvalue weighted by atomic mass is 16.5. The van der Waals surface area contributed by atoms with Crippen molar-refractivity contribution in [2.75, 3.05) is 7.11 Å². The number of hydrogen-bond donors (Lipinski definition) is 1. The minimum absolute atomic E-state index is 0.375. The Hall–Kier alpha value is -0.570. The number of carbonyl (C=O) groups is 1. The number of nitrogens with two attached hydrogens (primary N) is 1. The molecule has 3 nitrogen and oxygen atoms in total. The van der Waals surface area contributed by atoms with E-state index < -0.39 is 0 Å². The number of rotatable bonds is 5. The Bertz CT molecular complexity index is 84.6. The summed E-state index contributed by atoms with van der Waals surface area (Å²) in [5.41, 5.74) is 5.53. The van der Waals surface area contributed by atoms with Gasteiger partial charge in [-0.2, -0.15) is 0 Å². The Morgan fingerprint density at radius 2 is 2.00 bits per heavy atom. The van der Waals surface area contributed by atoms with E-state index in [-0.39, 0.29) is 0 Å². The van der Waals surface area contributed by atoms with Gasteiger partial charge < -0.3 is 10.5 Å². The molecule has 0 radical (unpaired) electrons. The molecule has 0 aliphatic rings. The third kappa shape index (κ3) is 22.7. The fourth-order valence-electron chi connectivity index (χ4n) is 0.716. The second-order valence-electron chi connectivity index (χ2n) is 2.80. The van der Waals surface area contributed by atoms with Gasteiger partial charge in [0.25, 0.3) is 6.47 Å². The molecule has 0 aliphatic carbocycles. The van der Waals surface area contributed by atoms with Crippen LogP contribution < -0.4 is 5.73 Å². The van der Waals surface area contributed by atoms with Gasteiger partial charge in [-0.25, -0.2) is 0 Å². The van der Waals surface area contributed by atoms with Crippen LogP contribution >= 0.6 is 0 Å². The first kappa shape index (κ1) is 14.0. The SMILES string of the molecule is CCCCCC(C)N.COC=O. The highest BCUT2D eigenvalue weighted by molar-refractivity contribution is 5.36. The lowest BCUT2D eigenvalue weighted by Gasteiger charge is -2.01. The van der Waals surface area contributed by atoms with Gasteiger partial charge in [0.05, 0.1) is 7.11 Å². The summed E-state index contributed by atoms with van der Waals surface area (Å²) in [6.45, 7) is 4.65. The fraction of sp³-hybridized carbons (Fsp3) is 0.889. The molecular formula is C9H21NO2. The van der Waals surface area contributed by atoms with Crippen LogP contribution in [0.4, 0.5) is 0 Å². The zero-order chi connectivity index (χ0) is 9.82. The molecule has 0 amide bonds. The number of hydrogen-bond acceptors (Lipinski definition) is 3.